The quantitative estimate of drug-likeness (QED) is 0.798. The maximum absolute atomic E-state index is 12.7. The molecule has 0 atom stereocenters. The third-order valence-corrected chi connectivity index (χ3v) is 6.05. The summed E-state index contributed by atoms with van der Waals surface area (Å²) in [5.41, 5.74) is -0.649. The minimum absolute atomic E-state index is 0.188. The highest BCUT2D eigenvalue weighted by molar-refractivity contribution is 5.90. The van der Waals surface area contributed by atoms with E-state index in [1.54, 1.807) is 29.9 Å². The summed E-state index contributed by atoms with van der Waals surface area (Å²) in [6, 6.07) is 6.79. The molecular weight excluding hydrogens is 394 g/mol. The minimum Gasteiger partial charge on any atom is -0.488 e. The van der Waals surface area contributed by atoms with Crippen LogP contribution in [0.25, 0.3) is 10.9 Å². The molecule has 0 aliphatic heterocycles. The summed E-state index contributed by atoms with van der Waals surface area (Å²) in [5.74, 6) is 0.442. The van der Waals surface area contributed by atoms with Crippen LogP contribution >= 0.6 is 0 Å². The van der Waals surface area contributed by atoms with Gasteiger partial charge in [-0.05, 0) is 32.9 Å². The van der Waals surface area contributed by atoms with Crippen LogP contribution in [0.4, 0.5) is 4.79 Å². The molecule has 1 aromatic heterocycles. The van der Waals surface area contributed by atoms with Crippen molar-refractivity contribution in [3.63, 3.8) is 0 Å². The van der Waals surface area contributed by atoms with Gasteiger partial charge in [0, 0.05) is 36.2 Å². The standard InChI is InChI=1S/C24H31N3O4/c1-22(2,3)31-21(29)26-19-23(4,5)20(24(19,6)7)30-16-10-9-14(13-25)18-17(16)15(28)11-12-27(18)8/h9-12,19-20H,1-8H3,(H,26,29). The van der Waals surface area contributed by atoms with Crippen molar-refractivity contribution in [1.29, 1.82) is 5.26 Å². The number of ether oxygens (including phenoxy) is 2. The zero-order valence-corrected chi connectivity index (χ0v) is 19.5. The van der Waals surface area contributed by atoms with Gasteiger partial charge >= 0.3 is 6.09 Å². The predicted molar refractivity (Wildman–Crippen MR) is 119 cm³/mol. The second-order valence-corrected chi connectivity index (χ2v) is 10.5. The smallest absolute Gasteiger partial charge is 0.407 e. The van der Waals surface area contributed by atoms with Gasteiger partial charge in [-0.25, -0.2) is 4.79 Å². The molecular formula is C24H31N3O4. The fourth-order valence-corrected chi connectivity index (χ4v) is 5.06. The summed E-state index contributed by atoms with van der Waals surface area (Å²) in [6.45, 7) is 13.6. The van der Waals surface area contributed by atoms with Gasteiger partial charge in [0.05, 0.1) is 16.5 Å². The minimum atomic E-state index is -0.584. The summed E-state index contributed by atoms with van der Waals surface area (Å²) < 4.78 is 13.6. The van der Waals surface area contributed by atoms with E-state index in [0.717, 1.165) is 0 Å². The zero-order chi connectivity index (χ0) is 23.4. The first kappa shape index (κ1) is 22.7. The first-order valence-corrected chi connectivity index (χ1v) is 10.4. The number of carbonyl (C=O) groups is 1. The van der Waals surface area contributed by atoms with E-state index in [0.29, 0.717) is 22.2 Å². The SMILES string of the molecule is Cn1ccc(=O)c2c(OC3C(C)(C)C(NC(=O)OC(C)(C)C)C3(C)C)ccc(C#N)c21. The highest BCUT2D eigenvalue weighted by atomic mass is 16.6. The lowest BCUT2D eigenvalue weighted by Gasteiger charge is -2.62. The summed E-state index contributed by atoms with van der Waals surface area (Å²) >= 11 is 0. The second kappa shape index (κ2) is 7.30. The number of carbonyl (C=O) groups excluding carboxylic acids is 1. The van der Waals surface area contributed by atoms with E-state index in [9.17, 15) is 14.9 Å². The molecule has 1 aliphatic carbocycles. The number of pyridine rings is 1. The molecule has 166 valence electrons. The molecule has 3 rings (SSSR count). The Morgan fingerprint density at radius 1 is 1.16 bits per heavy atom. The number of rotatable bonds is 3. The number of benzene rings is 1. The largest absolute Gasteiger partial charge is 0.488 e. The molecule has 1 amide bonds. The van der Waals surface area contributed by atoms with Crippen molar-refractivity contribution in [2.75, 3.05) is 0 Å². The molecule has 0 bridgehead atoms. The molecule has 1 aliphatic rings. The van der Waals surface area contributed by atoms with Crippen LogP contribution in [-0.4, -0.2) is 28.4 Å². The van der Waals surface area contributed by atoms with Crippen LogP contribution in [0.2, 0.25) is 0 Å². The Morgan fingerprint density at radius 2 is 1.77 bits per heavy atom. The highest BCUT2D eigenvalue weighted by Gasteiger charge is 2.64. The van der Waals surface area contributed by atoms with Gasteiger partial charge in [-0.2, -0.15) is 5.26 Å². The number of hydrogen-bond acceptors (Lipinski definition) is 5. The molecule has 2 aromatic rings. The Balaban J connectivity index is 1.95. The van der Waals surface area contributed by atoms with Gasteiger partial charge in [-0.1, -0.05) is 27.7 Å². The van der Waals surface area contributed by atoms with Gasteiger partial charge in [0.25, 0.3) is 0 Å². The van der Waals surface area contributed by atoms with E-state index in [1.807, 2.05) is 48.5 Å². The van der Waals surface area contributed by atoms with Crippen LogP contribution in [0.1, 0.15) is 54.0 Å². The van der Waals surface area contributed by atoms with Crippen LogP contribution in [0.3, 0.4) is 0 Å². The lowest BCUT2D eigenvalue weighted by Crippen LogP contribution is -2.74. The molecule has 0 spiro atoms. The molecule has 31 heavy (non-hydrogen) atoms. The number of nitrogens with zero attached hydrogens (tertiary/aromatic N) is 2. The average molecular weight is 426 g/mol. The van der Waals surface area contributed by atoms with E-state index in [2.05, 4.69) is 11.4 Å². The van der Waals surface area contributed by atoms with E-state index >= 15 is 0 Å². The van der Waals surface area contributed by atoms with Gasteiger partial charge in [0.1, 0.15) is 23.5 Å². The van der Waals surface area contributed by atoms with E-state index in [-0.39, 0.29) is 17.6 Å². The monoisotopic (exact) mass is 425 g/mol. The fourth-order valence-electron chi connectivity index (χ4n) is 5.06. The van der Waals surface area contributed by atoms with Crippen LogP contribution in [0.15, 0.2) is 29.2 Å². The van der Waals surface area contributed by atoms with Crippen molar-refractivity contribution < 1.29 is 14.3 Å². The number of nitriles is 1. The van der Waals surface area contributed by atoms with E-state index in [4.69, 9.17) is 9.47 Å². The summed E-state index contributed by atoms with van der Waals surface area (Å²) in [4.78, 5) is 25.1. The van der Waals surface area contributed by atoms with E-state index < -0.39 is 22.5 Å². The number of amides is 1. The van der Waals surface area contributed by atoms with Crippen molar-refractivity contribution in [1.82, 2.24) is 9.88 Å². The fraction of sp³-hybridized carbons (Fsp3) is 0.542. The molecule has 0 saturated heterocycles. The second-order valence-electron chi connectivity index (χ2n) is 10.5. The Labute approximate surface area is 183 Å². The maximum atomic E-state index is 12.7. The number of alkyl carbamates (subject to hydrolysis) is 1. The first-order valence-electron chi connectivity index (χ1n) is 10.4. The predicted octanol–water partition coefficient (Wildman–Crippen LogP) is 4.12. The normalized spacial score (nSPS) is 21.6. The number of aromatic nitrogens is 1. The summed E-state index contributed by atoms with van der Waals surface area (Å²) in [6.07, 6.45) is 0.906. The summed E-state index contributed by atoms with van der Waals surface area (Å²) in [7, 11) is 1.80. The molecule has 1 heterocycles. The number of hydrogen-bond donors (Lipinski definition) is 1. The van der Waals surface area contributed by atoms with Crippen molar-refractivity contribution in [2.45, 2.75) is 66.2 Å². The van der Waals surface area contributed by atoms with Crippen LogP contribution in [-0.2, 0) is 11.8 Å². The van der Waals surface area contributed by atoms with Crippen LogP contribution in [0.5, 0.6) is 5.75 Å². The Kier molecular flexibility index (Phi) is 5.34. The Bertz CT molecular complexity index is 1120. The van der Waals surface area contributed by atoms with Crippen molar-refractivity contribution >= 4 is 17.0 Å². The molecule has 7 nitrogen and oxygen atoms in total. The number of aryl methyl sites for hydroxylation is 1. The first-order chi connectivity index (χ1) is 14.2. The lowest BCUT2D eigenvalue weighted by atomic mass is 9.49. The molecule has 1 aromatic carbocycles. The van der Waals surface area contributed by atoms with Gasteiger partial charge in [-0.3, -0.25) is 4.79 Å². The van der Waals surface area contributed by atoms with Crippen molar-refractivity contribution in [2.24, 2.45) is 17.9 Å². The lowest BCUT2D eigenvalue weighted by molar-refractivity contribution is -0.166. The van der Waals surface area contributed by atoms with Gasteiger partial charge in [-0.15, -0.1) is 0 Å². The summed E-state index contributed by atoms with van der Waals surface area (Å²) in [5, 5.41) is 12.9. The van der Waals surface area contributed by atoms with Crippen molar-refractivity contribution in [3.05, 3.63) is 40.2 Å². The van der Waals surface area contributed by atoms with E-state index in [1.165, 1.54) is 6.07 Å². The Hall–Kier alpha value is -3.01. The zero-order valence-electron chi connectivity index (χ0n) is 19.5. The van der Waals surface area contributed by atoms with Gasteiger partial charge in [0.2, 0.25) is 0 Å². The average Bonchev–Trinajstić information content (AvgIpc) is 2.64. The number of nitrogens with one attached hydrogen (secondary N) is 1. The van der Waals surface area contributed by atoms with Crippen LogP contribution < -0.4 is 15.5 Å². The van der Waals surface area contributed by atoms with Crippen molar-refractivity contribution in [3.8, 4) is 11.8 Å². The molecule has 1 fully saturated rings. The maximum Gasteiger partial charge on any atom is 0.407 e. The third kappa shape index (κ3) is 3.87. The molecule has 0 unspecified atom stereocenters. The molecule has 1 N–H and O–H groups in total. The van der Waals surface area contributed by atoms with Crippen LogP contribution in [0, 0.1) is 22.2 Å². The van der Waals surface area contributed by atoms with Gasteiger partial charge in [0.15, 0.2) is 5.43 Å². The molecule has 0 radical (unpaired) electrons. The number of fused-ring (bicyclic) bond motifs is 1. The van der Waals surface area contributed by atoms with Gasteiger partial charge < -0.3 is 19.4 Å². The third-order valence-electron chi connectivity index (χ3n) is 6.05. The molecule has 1 saturated carbocycles. The Morgan fingerprint density at radius 3 is 2.32 bits per heavy atom. The topological polar surface area (TPSA) is 93.3 Å². The molecule has 7 heteroatoms. The highest BCUT2D eigenvalue weighted by Crippen LogP contribution is 2.55.